The predicted molar refractivity (Wildman–Crippen MR) is 137 cm³/mol. The van der Waals surface area contributed by atoms with Gasteiger partial charge in [-0.15, -0.1) is 0 Å². The summed E-state index contributed by atoms with van der Waals surface area (Å²) in [6, 6.07) is 19.8. The molecule has 0 radical (unpaired) electrons. The van der Waals surface area contributed by atoms with Crippen LogP contribution in [0.15, 0.2) is 99.9 Å². The van der Waals surface area contributed by atoms with Gasteiger partial charge in [0.1, 0.15) is 17.2 Å². The van der Waals surface area contributed by atoms with E-state index in [4.69, 9.17) is 0 Å². The maximum absolute atomic E-state index is 13.0. The fourth-order valence-corrected chi connectivity index (χ4v) is 6.21. The lowest BCUT2D eigenvalue weighted by Crippen LogP contribution is -2.14. The van der Waals surface area contributed by atoms with Gasteiger partial charge in [-0.2, -0.15) is 0 Å². The van der Waals surface area contributed by atoms with Crippen LogP contribution in [0.25, 0.3) is 11.1 Å². The minimum Gasteiger partial charge on any atom is -0.508 e. The Bertz CT molecular complexity index is 1670. The van der Waals surface area contributed by atoms with E-state index in [1.807, 2.05) is 0 Å². The van der Waals surface area contributed by atoms with Gasteiger partial charge in [0.2, 0.25) is 0 Å². The number of fused-ring (bicyclic) bond motifs is 3. The molecule has 0 saturated heterocycles. The van der Waals surface area contributed by atoms with Gasteiger partial charge < -0.3 is 15.4 Å². The number of sulfonamides is 2. The van der Waals surface area contributed by atoms with Gasteiger partial charge in [0.05, 0.1) is 21.2 Å². The minimum atomic E-state index is -4.06. The number of phenols is 2. The highest BCUT2D eigenvalue weighted by atomic mass is 32.2. The summed E-state index contributed by atoms with van der Waals surface area (Å²) in [5, 5.41) is 32.3. The van der Waals surface area contributed by atoms with Crippen LogP contribution in [0.2, 0.25) is 0 Å². The van der Waals surface area contributed by atoms with Gasteiger partial charge in [-0.1, -0.05) is 29.4 Å². The third-order valence-electron chi connectivity index (χ3n) is 5.70. The summed E-state index contributed by atoms with van der Waals surface area (Å²) in [6.07, 6.45) is 0. The van der Waals surface area contributed by atoms with E-state index in [1.54, 1.807) is 12.1 Å². The van der Waals surface area contributed by atoms with Crippen LogP contribution in [0.5, 0.6) is 11.5 Å². The van der Waals surface area contributed by atoms with E-state index in [1.165, 1.54) is 72.8 Å². The molecule has 0 spiro atoms. The molecule has 0 bridgehead atoms. The smallest absolute Gasteiger partial charge is 0.261 e. The number of hydrogen-bond acceptors (Lipinski definition) is 8. The second-order valence-electron chi connectivity index (χ2n) is 8.18. The standard InChI is InChI=1S/C25H19N3O7S2/c29-17-5-1-3-15(11-17)27-36(32,33)19-7-9-21-22-10-8-20(14-24(22)25(26-31)23(21)13-19)37(34,35)28-16-4-2-6-18(30)12-16/h1-14,27-31H. The molecule has 5 N–H and O–H groups in total. The number of nitrogens with one attached hydrogen (secondary N) is 2. The number of aromatic hydroxyl groups is 2. The van der Waals surface area contributed by atoms with Crippen molar-refractivity contribution in [1.82, 2.24) is 0 Å². The number of anilines is 2. The van der Waals surface area contributed by atoms with E-state index in [0.717, 1.165) is 0 Å². The summed E-state index contributed by atoms with van der Waals surface area (Å²) in [5.74, 6) is -0.216. The highest BCUT2D eigenvalue weighted by molar-refractivity contribution is 7.93. The van der Waals surface area contributed by atoms with Crippen molar-refractivity contribution in [1.29, 1.82) is 0 Å². The molecule has 188 valence electrons. The maximum atomic E-state index is 13.0. The van der Waals surface area contributed by atoms with Gasteiger partial charge in [0, 0.05) is 23.3 Å². The summed E-state index contributed by atoms with van der Waals surface area (Å²) in [4.78, 5) is -0.246. The fourth-order valence-electron chi connectivity index (χ4n) is 4.06. The van der Waals surface area contributed by atoms with Crippen molar-refractivity contribution in [2.75, 3.05) is 9.44 Å². The second kappa shape index (κ2) is 8.84. The number of oxime groups is 1. The van der Waals surface area contributed by atoms with Crippen LogP contribution in [0.3, 0.4) is 0 Å². The van der Waals surface area contributed by atoms with Gasteiger partial charge in [0.25, 0.3) is 20.0 Å². The van der Waals surface area contributed by atoms with Crippen LogP contribution in [0.4, 0.5) is 11.4 Å². The molecule has 1 aliphatic rings. The topological polar surface area (TPSA) is 165 Å². The van der Waals surface area contributed by atoms with Crippen molar-refractivity contribution < 1.29 is 32.3 Å². The summed E-state index contributed by atoms with van der Waals surface area (Å²) >= 11 is 0. The molecule has 0 atom stereocenters. The number of hydrogen-bond donors (Lipinski definition) is 5. The van der Waals surface area contributed by atoms with Crippen LogP contribution in [0, 0.1) is 0 Å². The Morgan fingerprint density at radius 1 is 0.568 bits per heavy atom. The molecule has 12 heteroatoms. The summed E-state index contributed by atoms with van der Waals surface area (Å²) in [6.45, 7) is 0. The van der Waals surface area contributed by atoms with E-state index in [0.29, 0.717) is 22.3 Å². The fraction of sp³-hybridized carbons (Fsp3) is 0. The molecule has 0 heterocycles. The Labute approximate surface area is 212 Å². The largest absolute Gasteiger partial charge is 0.508 e. The second-order valence-corrected chi connectivity index (χ2v) is 11.5. The molecular weight excluding hydrogens is 518 g/mol. The molecule has 0 aliphatic heterocycles. The zero-order valence-corrected chi connectivity index (χ0v) is 20.5. The lowest BCUT2D eigenvalue weighted by atomic mass is 10.1. The lowest BCUT2D eigenvalue weighted by molar-refractivity contribution is 0.320. The average molecular weight is 538 g/mol. The molecule has 0 unspecified atom stereocenters. The Kier molecular flexibility index (Phi) is 5.77. The maximum Gasteiger partial charge on any atom is 0.261 e. The van der Waals surface area contributed by atoms with Crippen LogP contribution < -0.4 is 9.44 Å². The van der Waals surface area contributed by atoms with Crippen molar-refractivity contribution >= 4 is 37.1 Å². The van der Waals surface area contributed by atoms with E-state index in [2.05, 4.69) is 14.6 Å². The van der Waals surface area contributed by atoms with Crippen LogP contribution >= 0.6 is 0 Å². The number of nitrogens with zero attached hydrogens (tertiary/aromatic N) is 1. The first kappa shape index (κ1) is 24.2. The van der Waals surface area contributed by atoms with E-state index in [9.17, 15) is 32.3 Å². The SMILES string of the molecule is O=S(=O)(Nc1cccc(O)c1)c1ccc2c(c1)C(=NO)c1cc(S(=O)(=O)Nc3cccc(O)c3)ccc1-2. The van der Waals surface area contributed by atoms with Crippen LogP contribution in [0.1, 0.15) is 11.1 Å². The normalized spacial score (nSPS) is 12.5. The van der Waals surface area contributed by atoms with E-state index >= 15 is 0 Å². The molecule has 4 aromatic carbocycles. The molecule has 5 rings (SSSR count). The van der Waals surface area contributed by atoms with Crippen LogP contribution in [-0.2, 0) is 20.0 Å². The Hall–Kier alpha value is -4.55. The van der Waals surface area contributed by atoms with Gasteiger partial charge >= 0.3 is 0 Å². The number of benzene rings is 4. The third-order valence-corrected chi connectivity index (χ3v) is 8.46. The lowest BCUT2D eigenvalue weighted by Gasteiger charge is -2.10. The monoisotopic (exact) mass is 537 g/mol. The van der Waals surface area contributed by atoms with Gasteiger partial charge in [-0.3, -0.25) is 9.44 Å². The summed E-state index contributed by atoms with van der Waals surface area (Å²) in [7, 11) is -8.13. The third kappa shape index (κ3) is 4.55. The molecule has 1 aliphatic carbocycles. The van der Waals surface area contributed by atoms with Crippen molar-refractivity contribution in [2.24, 2.45) is 5.16 Å². The molecule has 0 amide bonds. The van der Waals surface area contributed by atoms with Crippen molar-refractivity contribution in [2.45, 2.75) is 9.79 Å². The molecule has 0 aromatic heterocycles. The molecule has 0 saturated carbocycles. The van der Waals surface area contributed by atoms with Crippen LogP contribution in [-0.4, -0.2) is 38.0 Å². The van der Waals surface area contributed by atoms with E-state index in [-0.39, 0.29) is 38.4 Å². The summed E-state index contributed by atoms with van der Waals surface area (Å²) in [5.41, 5.74) is 2.04. The zero-order valence-electron chi connectivity index (χ0n) is 18.8. The van der Waals surface area contributed by atoms with Crippen molar-refractivity contribution in [3.05, 3.63) is 96.1 Å². The average Bonchev–Trinajstić information content (AvgIpc) is 3.16. The molecule has 4 aromatic rings. The Morgan fingerprint density at radius 2 is 1.00 bits per heavy atom. The summed E-state index contributed by atoms with van der Waals surface area (Å²) < 4.78 is 56.6. The van der Waals surface area contributed by atoms with Gasteiger partial charge in [-0.25, -0.2) is 16.8 Å². The number of phenolic OH excluding ortho intramolecular Hbond substituents is 2. The first-order valence-electron chi connectivity index (χ1n) is 10.7. The van der Waals surface area contributed by atoms with Crippen molar-refractivity contribution in [3.63, 3.8) is 0 Å². The minimum absolute atomic E-state index is 0.00816. The quantitative estimate of drug-likeness (QED) is 0.162. The molecule has 37 heavy (non-hydrogen) atoms. The first-order chi connectivity index (χ1) is 17.6. The molecule has 0 fully saturated rings. The highest BCUT2D eigenvalue weighted by Gasteiger charge is 2.30. The highest BCUT2D eigenvalue weighted by Crippen LogP contribution is 2.39. The van der Waals surface area contributed by atoms with Gasteiger partial charge in [-0.05, 0) is 59.7 Å². The zero-order chi connectivity index (χ0) is 26.4. The van der Waals surface area contributed by atoms with E-state index < -0.39 is 20.0 Å². The van der Waals surface area contributed by atoms with Gasteiger partial charge in [0.15, 0.2) is 0 Å². The Balaban J connectivity index is 1.50. The molecule has 10 nitrogen and oxygen atoms in total. The van der Waals surface area contributed by atoms with Crippen molar-refractivity contribution in [3.8, 4) is 22.6 Å². The number of rotatable bonds is 6. The predicted octanol–water partition coefficient (Wildman–Crippen LogP) is 3.91. The molecular formula is C25H19N3O7S2. The first-order valence-corrected chi connectivity index (χ1v) is 13.7. The Morgan fingerprint density at radius 3 is 1.38 bits per heavy atom.